The molecule has 0 spiro atoms. The average molecular weight is 315 g/mol. The molecule has 1 heteroatoms. The van der Waals surface area contributed by atoms with E-state index >= 15 is 0 Å². The summed E-state index contributed by atoms with van der Waals surface area (Å²) >= 11 is 0. The summed E-state index contributed by atoms with van der Waals surface area (Å²) in [4.78, 5) is 2.30. The number of nitrogens with zero attached hydrogens (tertiary/aromatic N) is 1. The molecule has 3 aromatic carbocycles. The Morgan fingerprint density at radius 1 is 0.542 bits per heavy atom. The Bertz CT molecular complexity index is 706. The summed E-state index contributed by atoms with van der Waals surface area (Å²) in [5, 5.41) is 0. The lowest BCUT2D eigenvalue weighted by atomic mass is 9.90. The van der Waals surface area contributed by atoms with Crippen molar-refractivity contribution in [2.24, 2.45) is 5.92 Å². The molecule has 0 aliphatic heterocycles. The zero-order valence-electron chi connectivity index (χ0n) is 14.7. The summed E-state index contributed by atoms with van der Waals surface area (Å²) in [7, 11) is 0. The number of hydrogen-bond acceptors (Lipinski definition) is 1. The number of anilines is 3. The first-order valence-electron chi connectivity index (χ1n) is 8.67. The minimum Gasteiger partial charge on any atom is -0.311 e. The lowest BCUT2D eigenvalue weighted by Crippen LogP contribution is -2.10. The maximum Gasteiger partial charge on any atom is 0.0461 e. The third kappa shape index (κ3) is 3.51. The molecule has 122 valence electrons. The first-order chi connectivity index (χ1) is 11.7. The fourth-order valence-corrected chi connectivity index (χ4v) is 2.91. The van der Waals surface area contributed by atoms with E-state index in [1.807, 2.05) is 0 Å². The van der Waals surface area contributed by atoms with Gasteiger partial charge >= 0.3 is 0 Å². The minimum absolute atomic E-state index is 0.570. The van der Waals surface area contributed by atoms with Crippen LogP contribution in [-0.4, -0.2) is 0 Å². The molecule has 24 heavy (non-hydrogen) atoms. The Balaban J connectivity index is 2.01. The van der Waals surface area contributed by atoms with Gasteiger partial charge in [0.25, 0.3) is 0 Å². The van der Waals surface area contributed by atoms with Crippen molar-refractivity contribution in [1.29, 1.82) is 0 Å². The first-order valence-corrected chi connectivity index (χ1v) is 8.67. The van der Waals surface area contributed by atoms with Gasteiger partial charge in [-0.05, 0) is 53.8 Å². The normalized spacial score (nSPS) is 12.2. The second kappa shape index (κ2) is 7.35. The molecule has 0 fully saturated rings. The predicted octanol–water partition coefficient (Wildman–Crippen LogP) is 6.92. The molecule has 0 aliphatic carbocycles. The van der Waals surface area contributed by atoms with Crippen LogP contribution in [0.1, 0.15) is 32.3 Å². The van der Waals surface area contributed by atoms with Crippen molar-refractivity contribution in [2.45, 2.75) is 26.7 Å². The molecule has 3 aromatic rings. The molecule has 0 aromatic heterocycles. The van der Waals surface area contributed by atoms with Crippen LogP contribution in [0, 0.1) is 5.92 Å². The average Bonchev–Trinajstić information content (AvgIpc) is 2.64. The van der Waals surface area contributed by atoms with Crippen molar-refractivity contribution in [3.63, 3.8) is 0 Å². The summed E-state index contributed by atoms with van der Waals surface area (Å²) < 4.78 is 0. The zero-order valence-corrected chi connectivity index (χ0v) is 14.7. The van der Waals surface area contributed by atoms with Gasteiger partial charge in [-0.25, -0.2) is 0 Å². The summed E-state index contributed by atoms with van der Waals surface area (Å²) in [6.45, 7) is 6.85. The summed E-state index contributed by atoms with van der Waals surface area (Å²) in [6, 6.07) is 30.0. The zero-order chi connectivity index (χ0) is 16.9. The smallest absolute Gasteiger partial charge is 0.0461 e. The fraction of sp³-hybridized carbons (Fsp3) is 0.217. The number of rotatable bonds is 5. The Labute approximate surface area is 145 Å². The standard InChI is InChI=1S/C23H25N/c1-18(2)19(3)20-14-16-23(17-15-20)24(21-10-6-4-7-11-21)22-12-8-5-9-13-22/h4-19H,1-3H3. The van der Waals surface area contributed by atoms with Gasteiger partial charge in [-0.3, -0.25) is 0 Å². The third-order valence-electron chi connectivity index (χ3n) is 4.71. The molecule has 0 heterocycles. The van der Waals surface area contributed by atoms with E-state index < -0.39 is 0 Å². The van der Waals surface area contributed by atoms with Crippen LogP contribution in [0.4, 0.5) is 17.1 Å². The number of para-hydroxylation sites is 2. The molecule has 0 saturated carbocycles. The molecule has 3 rings (SSSR count). The predicted molar refractivity (Wildman–Crippen MR) is 104 cm³/mol. The Hall–Kier alpha value is -2.54. The van der Waals surface area contributed by atoms with Gasteiger partial charge in [0, 0.05) is 17.1 Å². The van der Waals surface area contributed by atoms with Gasteiger partial charge < -0.3 is 4.90 Å². The molecule has 1 unspecified atom stereocenters. The van der Waals surface area contributed by atoms with Crippen LogP contribution < -0.4 is 4.90 Å². The largest absolute Gasteiger partial charge is 0.311 e. The monoisotopic (exact) mass is 315 g/mol. The Morgan fingerprint density at radius 2 is 0.958 bits per heavy atom. The fourth-order valence-electron chi connectivity index (χ4n) is 2.91. The lowest BCUT2D eigenvalue weighted by Gasteiger charge is -2.26. The second-order valence-electron chi connectivity index (χ2n) is 6.63. The number of benzene rings is 3. The van der Waals surface area contributed by atoms with Gasteiger partial charge in [-0.15, -0.1) is 0 Å². The van der Waals surface area contributed by atoms with Crippen molar-refractivity contribution in [1.82, 2.24) is 0 Å². The van der Waals surface area contributed by atoms with Gasteiger partial charge in [0.1, 0.15) is 0 Å². The van der Waals surface area contributed by atoms with Crippen LogP contribution in [0.3, 0.4) is 0 Å². The van der Waals surface area contributed by atoms with Gasteiger partial charge in [-0.2, -0.15) is 0 Å². The summed E-state index contributed by atoms with van der Waals surface area (Å²) in [5.41, 5.74) is 4.93. The molecular formula is C23H25N. The van der Waals surface area contributed by atoms with Gasteiger partial charge in [-0.1, -0.05) is 69.3 Å². The van der Waals surface area contributed by atoms with E-state index in [4.69, 9.17) is 0 Å². The summed E-state index contributed by atoms with van der Waals surface area (Å²) in [5.74, 6) is 1.22. The summed E-state index contributed by atoms with van der Waals surface area (Å²) in [6.07, 6.45) is 0. The molecule has 1 atom stereocenters. The third-order valence-corrected chi connectivity index (χ3v) is 4.71. The molecular weight excluding hydrogens is 290 g/mol. The SMILES string of the molecule is CC(C)C(C)c1ccc(N(c2ccccc2)c2ccccc2)cc1. The van der Waals surface area contributed by atoms with E-state index in [0.717, 1.165) is 0 Å². The van der Waals surface area contributed by atoms with Crippen LogP contribution in [0.2, 0.25) is 0 Å². The molecule has 0 N–H and O–H groups in total. The van der Waals surface area contributed by atoms with Crippen LogP contribution in [-0.2, 0) is 0 Å². The Kier molecular flexibility index (Phi) is 5.00. The molecule has 0 bridgehead atoms. The van der Waals surface area contributed by atoms with Crippen molar-refractivity contribution in [3.05, 3.63) is 90.5 Å². The van der Waals surface area contributed by atoms with Crippen molar-refractivity contribution in [2.75, 3.05) is 4.90 Å². The topological polar surface area (TPSA) is 3.24 Å². The van der Waals surface area contributed by atoms with Crippen molar-refractivity contribution in [3.8, 4) is 0 Å². The maximum atomic E-state index is 2.30. The van der Waals surface area contributed by atoms with Crippen LogP contribution in [0.5, 0.6) is 0 Å². The van der Waals surface area contributed by atoms with Crippen LogP contribution in [0.25, 0.3) is 0 Å². The quantitative estimate of drug-likeness (QED) is 0.494. The minimum atomic E-state index is 0.570. The first kappa shape index (κ1) is 16.3. The highest BCUT2D eigenvalue weighted by Gasteiger charge is 2.14. The van der Waals surface area contributed by atoms with E-state index in [-0.39, 0.29) is 0 Å². The Morgan fingerprint density at radius 3 is 1.38 bits per heavy atom. The highest BCUT2D eigenvalue weighted by atomic mass is 15.1. The highest BCUT2D eigenvalue weighted by Crippen LogP contribution is 2.35. The maximum absolute atomic E-state index is 2.30. The van der Waals surface area contributed by atoms with E-state index in [2.05, 4.69) is 111 Å². The van der Waals surface area contributed by atoms with Crippen molar-refractivity contribution < 1.29 is 0 Å². The second-order valence-corrected chi connectivity index (χ2v) is 6.63. The van der Waals surface area contributed by atoms with Gasteiger partial charge in [0.15, 0.2) is 0 Å². The molecule has 0 amide bonds. The van der Waals surface area contributed by atoms with E-state index in [9.17, 15) is 0 Å². The molecule has 0 radical (unpaired) electrons. The van der Waals surface area contributed by atoms with Gasteiger partial charge in [0.2, 0.25) is 0 Å². The molecule has 0 saturated heterocycles. The van der Waals surface area contributed by atoms with E-state index in [1.165, 1.54) is 22.6 Å². The van der Waals surface area contributed by atoms with Crippen LogP contribution in [0.15, 0.2) is 84.9 Å². The van der Waals surface area contributed by atoms with Gasteiger partial charge in [0.05, 0.1) is 0 Å². The molecule has 1 nitrogen and oxygen atoms in total. The highest BCUT2D eigenvalue weighted by molar-refractivity contribution is 5.76. The van der Waals surface area contributed by atoms with Crippen molar-refractivity contribution >= 4 is 17.1 Å². The van der Waals surface area contributed by atoms with Crippen LogP contribution >= 0.6 is 0 Å². The number of hydrogen-bond donors (Lipinski definition) is 0. The molecule has 0 aliphatic rings. The lowest BCUT2D eigenvalue weighted by molar-refractivity contribution is 0.535. The van der Waals surface area contributed by atoms with E-state index in [1.54, 1.807) is 0 Å². The van der Waals surface area contributed by atoms with E-state index in [0.29, 0.717) is 11.8 Å².